The summed E-state index contributed by atoms with van der Waals surface area (Å²) in [6.07, 6.45) is 1.72. The Kier molecular flexibility index (Phi) is 4.50. The average molecular weight is 258 g/mol. The van der Waals surface area contributed by atoms with E-state index < -0.39 is 11.2 Å². The first-order valence-electron chi connectivity index (χ1n) is 5.62. The van der Waals surface area contributed by atoms with Gasteiger partial charge in [-0.05, 0) is 30.7 Å². The Bertz CT molecular complexity index is 528. The molecule has 2 rings (SSSR count). The Balaban J connectivity index is 1.99. The van der Waals surface area contributed by atoms with Crippen molar-refractivity contribution in [2.45, 2.75) is 12.7 Å². The molecule has 0 amide bonds. The molecule has 0 radical (unpaired) electrons. The third kappa shape index (κ3) is 3.68. The first-order chi connectivity index (χ1) is 8.75. The predicted molar refractivity (Wildman–Crippen MR) is 75.4 cm³/mol. The molecule has 2 aromatic rings. The van der Waals surface area contributed by atoms with Gasteiger partial charge in [-0.3, -0.25) is 4.98 Å². The number of aliphatic imine (C=N–C) groups is 1. The van der Waals surface area contributed by atoms with Crippen molar-refractivity contribution >= 4 is 22.4 Å². The largest absolute Gasteiger partial charge is 0.610 e. The molecule has 4 heteroatoms. The Morgan fingerprint density at radius 1 is 1.22 bits per heavy atom. The summed E-state index contributed by atoms with van der Waals surface area (Å²) in [5.41, 5.74) is 4.20. The molecule has 1 heterocycles. The normalized spacial score (nSPS) is 12.8. The van der Waals surface area contributed by atoms with Crippen LogP contribution >= 0.6 is 0 Å². The maximum atomic E-state index is 11.9. The lowest BCUT2D eigenvalue weighted by Crippen LogP contribution is -2.07. The van der Waals surface area contributed by atoms with E-state index in [9.17, 15) is 4.55 Å². The highest BCUT2D eigenvalue weighted by molar-refractivity contribution is 8.03. The summed E-state index contributed by atoms with van der Waals surface area (Å²) in [4.78, 5) is 8.40. The predicted octanol–water partition coefficient (Wildman–Crippen LogP) is 3.00. The van der Waals surface area contributed by atoms with Crippen LogP contribution in [-0.2, 0) is 16.9 Å². The van der Waals surface area contributed by atoms with Crippen LogP contribution in [0.5, 0.6) is 0 Å². The first kappa shape index (κ1) is 12.8. The van der Waals surface area contributed by atoms with E-state index in [0.717, 1.165) is 16.9 Å². The molecule has 1 aromatic heterocycles. The second kappa shape index (κ2) is 6.33. The van der Waals surface area contributed by atoms with Crippen molar-refractivity contribution in [2.24, 2.45) is 4.99 Å². The fraction of sp³-hybridized carbons (Fsp3) is 0.143. The van der Waals surface area contributed by atoms with Crippen molar-refractivity contribution in [3.8, 4) is 0 Å². The number of rotatable bonds is 4. The number of aromatic nitrogens is 1. The molecule has 0 aliphatic carbocycles. The fourth-order valence-electron chi connectivity index (χ4n) is 1.48. The van der Waals surface area contributed by atoms with Crippen LogP contribution in [0.15, 0.2) is 53.7 Å². The van der Waals surface area contributed by atoms with Gasteiger partial charge in [0.2, 0.25) is 5.55 Å². The van der Waals surface area contributed by atoms with Gasteiger partial charge in [-0.25, -0.2) is 4.99 Å². The van der Waals surface area contributed by atoms with Gasteiger partial charge in [0.05, 0.1) is 11.4 Å². The van der Waals surface area contributed by atoms with Crippen LogP contribution in [0, 0.1) is 6.92 Å². The van der Waals surface area contributed by atoms with Gasteiger partial charge in [0.15, 0.2) is 5.75 Å². The summed E-state index contributed by atoms with van der Waals surface area (Å²) in [6.45, 7) is 1.97. The number of benzene rings is 1. The van der Waals surface area contributed by atoms with Gasteiger partial charge < -0.3 is 4.55 Å². The van der Waals surface area contributed by atoms with E-state index in [1.807, 2.05) is 49.4 Å². The minimum absolute atomic E-state index is 0.406. The summed E-state index contributed by atoms with van der Waals surface area (Å²) in [6, 6.07) is 13.3. The van der Waals surface area contributed by atoms with E-state index in [4.69, 9.17) is 0 Å². The van der Waals surface area contributed by atoms with E-state index in [-0.39, 0.29) is 0 Å². The van der Waals surface area contributed by atoms with E-state index in [0.29, 0.717) is 5.75 Å². The standard InChI is InChI=1S/C14H14N2OS/c1-12-6-5-9-15-14(12)10-18(17)11-16-13-7-3-2-4-8-13/h2-9,11H,10H2,1H3/b16-11+. The Labute approximate surface area is 110 Å². The first-order valence-corrected chi connectivity index (χ1v) is 7.01. The highest BCUT2D eigenvalue weighted by atomic mass is 32.2. The fourth-order valence-corrected chi connectivity index (χ4v) is 2.36. The third-order valence-electron chi connectivity index (χ3n) is 2.47. The van der Waals surface area contributed by atoms with Crippen molar-refractivity contribution in [3.05, 3.63) is 59.9 Å². The highest BCUT2D eigenvalue weighted by Gasteiger charge is 2.08. The van der Waals surface area contributed by atoms with E-state index in [1.54, 1.807) is 6.20 Å². The van der Waals surface area contributed by atoms with Crippen LogP contribution in [0.4, 0.5) is 5.69 Å². The second-order valence-corrected chi connectivity index (χ2v) is 5.12. The molecule has 0 saturated heterocycles. The van der Waals surface area contributed by atoms with E-state index in [2.05, 4.69) is 9.98 Å². The van der Waals surface area contributed by atoms with Crippen molar-refractivity contribution < 1.29 is 4.55 Å². The quantitative estimate of drug-likeness (QED) is 0.481. The number of nitrogens with zero attached hydrogens (tertiary/aromatic N) is 2. The number of aryl methyl sites for hydroxylation is 1. The number of para-hydroxylation sites is 1. The minimum Gasteiger partial charge on any atom is -0.610 e. The Hall–Kier alpha value is -1.65. The molecular formula is C14H14N2OS. The molecule has 1 aromatic carbocycles. The van der Waals surface area contributed by atoms with Gasteiger partial charge in [0.25, 0.3) is 0 Å². The van der Waals surface area contributed by atoms with E-state index in [1.165, 1.54) is 5.55 Å². The third-order valence-corrected chi connectivity index (χ3v) is 3.37. The summed E-state index contributed by atoms with van der Waals surface area (Å²) in [5.74, 6) is 0.406. The maximum absolute atomic E-state index is 11.9. The molecule has 3 nitrogen and oxygen atoms in total. The zero-order chi connectivity index (χ0) is 12.8. The molecule has 0 N–H and O–H groups in total. The molecule has 1 unspecified atom stereocenters. The molecule has 0 saturated carbocycles. The maximum Gasteiger partial charge on any atom is 0.208 e. The van der Waals surface area contributed by atoms with Gasteiger partial charge in [-0.15, -0.1) is 0 Å². The molecule has 92 valence electrons. The van der Waals surface area contributed by atoms with Crippen molar-refractivity contribution in [1.29, 1.82) is 0 Å². The summed E-state index contributed by atoms with van der Waals surface area (Å²) in [5, 5.41) is 0. The molecule has 0 aliphatic heterocycles. The van der Waals surface area contributed by atoms with Crippen molar-refractivity contribution in [3.63, 3.8) is 0 Å². The van der Waals surface area contributed by atoms with Gasteiger partial charge in [0, 0.05) is 17.4 Å². The van der Waals surface area contributed by atoms with Crippen LogP contribution in [0.1, 0.15) is 11.3 Å². The van der Waals surface area contributed by atoms with Crippen LogP contribution in [0.25, 0.3) is 0 Å². The van der Waals surface area contributed by atoms with Crippen LogP contribution < -0.4 is 0 Å². The molecule has 18 heavy (non-hydrogen) atoms. The lowest BCUT2D eigenvalue weighted by molar-refractivity contribution is 0.605. The lowest BCUT2D eigenvalue weighted by Gasteiger charge is -2.06. The topological polar surface area (TPSA) is 48.3 Å². The SMILES string of the molecule is Cc1cccnc1C[S+]([O-])/C=N/c1ccccc1. The van der Waals surface area contributed by atoms with Crippen molar-refractivity contribution in [2.75, 3.05) is 0 Å². The Morgan fingerprint density at radius 3 is 2.72 bits per heavy atom. The van der Waals surface area contributed by atoms with Gasteiger partial charge >= 0.3 is 0 Å². The van der Waals surface area contributed by atoms with Crippen molar-refractivity contribution in [1.82, 2.24) is 4.98 Å². The summed E-state index contributed by atoms with van der Waals surface area (Å²) >= 11 is -1.14. The van der Waals surface area contributed by atoms with Crippen LogP contribution in [0.2, 0.25) is 0 Å². The van der Waals surface area contributed by atoms with Gasteiger partial charge in [-0.1, -0.05) is 24.3 Å². The molecule has 0 aliphatic rings. The van der Waals surface area contributed by atoms with Gasteiger partial charge in [0.1, 0.15) is 0 Å². The number of hydrogen-bond donors (Lipinski definition) is 0. The number of hydrogen-bond acceptors (Lipinski definition) is 3. The molecule has 0 bridgehead atoms. The van der Waals surface area contributed by atoms with Crippen LogP contribution in [0.3, 0.4) is 0 Å². The lowest BCUT2D eigenvalue weighted by atomic mass is 10.2. The molecular weight excluding hydrogens is 244 g/mol. The second-order valence-electron chi connectivity index (χ2n) is 3.86. The molecule has 0 fully saturated rings. The monoisotopic (exact) mass is 258 g/mol. The Morgan fingerprint density at radius 2 is 2.00 bits per heavy atom. The average Bonchev–Trinajstić information content (AvgIpc) is 2.40. The molecule has 1 atom stereocenters. The highest BCUT2D eigenvalue weighted by Crippen LogP contribution is 2.11. The smallest absolute Gasteiger partial charge is 0.208 e. The summed E-state index contributed by atoms with van der Waals surface area (Å²) < 4.78 is 11.9. The molecule has 0 spiro atoms. The van der Waals surface area contributed by atoms with Crippen LogP contribution in [-0.4, -0.2) is 15.1 Å². The summed E-state index contributed by atoms with van der Waals surface area (Å²) in [7, 11) is 0. The zero-order valence-electron chi connectivity index (χ0n) is 10.1. The zero-order valence-corrected chi connectivity index (χ0v) is 10.9. The van der Waals surface area contributed by atoms with E-state index >= 15 is 0 Å². The number of pyridine rings is 1. The van der Waals surface area contributed by atoms with Gasteiger partial charge in [-0.2, -0.15) is 0 Å². The minimum atomic E-state index is -1.14.